The van der Waals surface area contributed by atoms with Crippen LogP contribution in [-0.4, -0.2) is 17.1 Å². The van der Waals surface area contributed by atoms with Gasteiger partial charge in [-0.25, -0.2) is 5.90 Å². The molecule has 2 aromatic rings. The molecule has 0 aliphatic carbocycles. The second kappa shape index (κ2) is 15.1. The van der Waals surface area contributed by atoms with Gasteiger partial charge in [0.05, 0.1) is 7.11 Å². The van der Waals surface area contributed by atoms with E-state index in [-0.39, 0.29) is 12.4 Å². The molecule has 0 amide bonds. The monoisotopic (exact) mass is 229 g/mol. The number of H-pyrrole nitrogens is 1. The maximum absolute atomic E-state index is 4.35. The van der Waals surface area contributed by atoms with E-state index in [9.17, 15) is 0 Å². The van der Waals surface area contributed by atoms with Crippen LogP contribution in [0.3, 0.4) is 0 Å². The van der Waals surface area contributed by atoms with Crippen molar-refractivity contribution in [2.45, 2.75) is 0 Å². The van der Waals surface area contributed by atoms with Gasteiger partial charge in [-0.3, -0.25) is 4.98 Å². The molecular formula is C10H16ClN3O. The van der Waals surface area contributed by atoms with Crippen molar-refractivity contribution in [2.24, 2.45) is 5.90 Å². The Hall–Kier alpha value is -1.36. The average Bonchev–Trinajstić information content (AvgIpc) is 2.80. The number of nitrogens with two attached hydrogens (primary N) is 1. The number of rotatable bonds is 0. The number of aromatic amines is 1. The molecule has 15 heavy (non-hydrogen) atoms. The fraction of sp³-hybridized carbons (Fsp3) is 0.100. The van der Waals surface area contributed by atoms with Crippen molar-refractivity contribution in [2.75, 3.05) is 7.11 Å². The molecule has 0 saturated carbocycles. The summed E-state index contributed by atoms with van der Waals surface area (Å²) >= 11 is 0. The highest BCUT2D eigenvalue weighted by molar-refractivity contribution is 5.85. The molecule has 2 aromatic heterocycles. The van der Waals surface area contributed by atoms with Gasteiger partial charge in [-0.15, -0.1) is 12.4 Å². The first-order valence-corrected chi connectivity index (χ1v) is 4.07. The lowest BCUT2D eigenvalue weighted by Gasteiger charge is -1.70. The summed E-state index contributed by atoms with van der Waals surface area (Å²) in [6.45, 7) is 0. The lowest BCUT2D eigenvalue weighted by molar-refractivity contribution is 0.206. The van der Waals surface area contributed by atoms with Gasteiger partial charge >= 0.3 is 0 Å². The third-order valence-corrected chi connectivity index (χ3v) is 1.06. The number of nitrogens with one attached hydrogen (secondary N) is 1. The molecule has 5 heteroatoms. The maximum atomic E-state index is 4.35. The number of aromatic nitrogens is 2. The minimum atomic E-state index is 0. The SMILES string of the molecule is CON.Cl.c1cc[nH]c1.c1ccncc1. The van der Waals surface area contributed by atoms with Crippen molar-refractivity contribution < 1.29 is 4.84 Å². The van der Waals surface area contributed by atoms with Gasteiger partial charge in [-0.05, 0) is 24.3 Å². The van der Waals surface area contributed by atoms with E-state index in [0.717, 1.165) is 0 Å². The van der Waals surface area contributed by atoms with Crippen LogP contribution >= 0.6 is 12.4 Å². The van der Waals surface area contributed by atoms with Crippen molar-refractivity contribution in [3.8, 4) is 0 Å². The van der Waals surface area contributed by atoms with Gasteiger partial charge in [-0.1, -0.05) is 6.07 Å². The molecule has 3 N–H and O–H groups in total. The predicted molar refractivity (Wildman–Crippen MR) is 63.5 cm³/mol. The van der Waals surface area contributed by atoms with Crippen LogP contribution in [0.2, 0.25) is 0 Å². The van der Waals surface area contributed by atoms with E-state index >= 15 is 0 Å². The van der Waals surface area contributed by atoms with Crippen LogP contribution in [0.25, 0.3) is 0 Å². The minimum absolute atomic E-state index is 0. The van der Waals surface area contributed by atoms with Crippen molar-refractivity contribution in [3.05, 3.63) is 55.1 Å². The van der Waals surface area contributed by atoms with Gasteiger partial charge in [0.25, 0.3) is 0 Å². The Balaban J connectivity index is 0. The van der Waals surface area contributed by atoms with Gasteiger partial charge in [0.2, 0.25) is 0 Å². The van der Waals surface area contributed by atoms with Crippen LogP contribution in [0.5, 0.6) is 0 Å². The van der Waals surface area contributed by atoms with Gasteiger partial charge in [-0.2, -0.15) is 0 Å². The van der Waals surface area contributed by atoms with E-state index < -0.39 is 0 Å². The first kappa shape index (κ1) is 16.1. The van der Waals surface area contributed by atoms with Crippen LogP contribution in [0.15, 0.2) is 55.1 Å². The smallest absolute Gasteiger partial charge is 0.0569 e. The Kier molecular flexibility index (Phi) is 16.2. The molecule has 0 unspecified atom stereocenters. The first-order valence-electron chi connectivity index (χ1n) is 4.07. The minimum Gasteiger partial charge on any atom is -0.368 e. The number of halogens is 1. The molecule has 0 spiro atoms. The summed E-state index contributed by atoms with van der Waals surface area (Å²) in [4.78, 5) is 10.4. The molecule has 0 atom stereocenters. The maximum Gasteiger partial charge on any atom is 0.0569 e. The van der Waals surface area contributed by atoms with Crippen LogP contribution in [0, 0.1) is 0 Å². The molecule has 2 heterocycles. The predicted octanol–water partition coefficient (Wildman–Crippen LogP) is 2.02. The number of nitrogens with zero attached hydrogens (tertiary/aromatic N) is 1. The zero-order chi connectivity index (χ0) is 10.5. The molecule has 0 fully saturated rings. The third kappa shape index (κ3) is 15.4. The highest BCUT2D eigenvalue weighted by atomic mass is 35.5. The van der Waals surface area contributed by atoms with E-state index in [1.165, 1.54) is 7.11 Å². The van der Waals surface area contributed by atoms with Gasteiger partial charge in [0.1, 0.15) is 0 Å². The average molecular weight is 230 g/mol. The quantitative estimate of drug-likeness (QED) is 0.680. The summed E-state index contributed by atoms with van der Waals surface area (Å²) in [7, 11) is 1.40. The standard InChI is InChI=1S/C5H5N.C4H5N.CH5NO.ClH/c1-2-4-6-5-3-1;1-2-4-5-3-1;1-3-2;/h1-5H;1-5H;2H2,1H3;1H. The lowest BCUT2D eigenvalue weighted by atomic mass is 10.5. The van der Waals surface area contributed by atoms with E-state index in [4.69, 9.17) is 0 Å². The first-order chi connectivity index (χ1) is 6.91. The van der Waals surface area contributed by atoms with Gasteiger partial charge in [0.15, 0.2) is 0 Å². The van der Waals surface area contributed by atoms with Crippen molar-refractivity contribution in [1.82, 2.24) is 9.97 Å². The van der Waals surface area contributed by atoms with Crippen molar-refractivity contribution >= 4 is 12.4 Å². The van der Waals surface area contributed by atoms with Crippen LogP contribution in [-0.2, 0) is 4.84 Å². The Morgan fingerprint density at radius 1 is 1.00 bits per heavy atom. The zero-order valence-corrected chi connectivity index (χ0v) is 9.35. The highest BCUT2D eigenvalue weighted by Gasteiger charge is 1.58. The summed E-state index contributed by atoms with van der Waals surface area (Å²) in [6, 6.07) is 9.60. The van der Waals surface area contributed by atoms with Crippen LogP contribution in [0.4, 0.5) is 0 Å². The highest BCUT2D eigenvalue weighted by Crippen LogP contribution is 1.73. The molecule has 0 aromatic carbocycles. The summed E-state index contributed by atoms with van der Waals surface area (Å²) in [5.74, 6) is 4.35. The van der Waals surface area contributed by atoms with E-state index in [1.807, 2.05) is 42.7 Å². The molecule has 0 aliphatic rings. The molecule has 4 nitrogen and oxygen atoms in total. The van der Waals surface area contributed by atoms with Crippen molar-refractivity contribution in [3.63, 3.8) is 0 Å². The van der Waals surface area contributed by atoms with E-state index in [1.54, 1.807) is 12.4 Å². The summed E-state index contributed by atoms with van der Waals surface area (Å²) in [5.41, 5.74) is 0. The topological polar surface area (TPSA) is 63.9 Å². The molecule has 0 bridgehead atoms. The molecule has 84 valence electrons. The second-order valence-electron chi connectivity index (χ2n) is 2.15. The van der Waals surface area contributed by atoms with E-state index in [0.29, 0.717) is 0 Å². The molecule has 0 aliphatic heterocycles. The zero-order valence-electron chi connectivity index (χ0n) is 8.54. The Labute approximate surface area is 95.9 Å². The summed E-state index contributed by atoms with van der Waals surface area (Å²) in [6.07, 6.45) is 7.25. The Morgan fingerprint density at radius 3 is 1.60 bits per heavy atom. The van der Waals surface area contributed by atoms with Crippen LogP contribution < -0.4 is 5.90 Å². The van der Waals surface area contributed by atoms with Gasteiger partial charge < -0.3 is 9.82 Å². The normalized spacial score (nSPS) is 7.07. The van der Waals surface area contributed by atoms with Gasteiger partial charge in [0, 0.05) is 24.8 Å². The molecule has 0 saturated heterocycles. The largest absolute Gasteiger partial charge is 0.368 e. The number of pyridine rings is 1. The molecule has 2 rings (SSSR count). The van der Waals surface area contributed by atoms with Crippen molar-refractivity contribution in [1.29, 1.82) is 0 Å². The number of hydrogen-bond donors (Lipinski definition) is 2. The summed E-state index contributed by atoms with van der Waals surface area (Å²) < 4.78 is 0. The fourth-order valence-electron chi connectivity index (χ4n) is 0.590. The van der Waals surface area contributed by atoms with E-state index in [2.05, 4.69) is 20.7 Å². The third-order valence-electron chi connectivity index (χ3n) is 1.06. The number of hydrogen-bond acceptors (Lipinski definition) is 3. The van der Waals surface area contributed by atoms with Crippen LogP contribution in [0.1, 0.15) is 0 Å². The molecular weight excluding hydrogens is 214 g/mol. The summed E-state index contributed by atoms with van der Waals surface area (Å²) in [5, 5.41) is 0. The Morgan fingerprint density at radius 2 is 1.47 bits per heavy atom. The lowest BCUT2D eigenvalue weighted by Crippen LogP contribution is -1.86. The second-order valence-corrected chi connectivity index (χ2v) is 2.15. The Bertz CT molecular complexity index is 219. The molecule has 0 radical (unpaired) electrons. The fourth-order valence-corrected chi connectivity index (χ4v) is 0.590.